The maximum Gasteiger partial charge on any atom is 0.270 e. The van der Waals surface area contributed by atoms with E-state index < -0.39 is 4.92 Å². The molecule has 0 bridgehead atoms. The third-order valence-electron chi connectivity index (χ3n) is 2.26. The second-order valence-corrected chi connectivity index (χ2v) is 4.26. The summed E-state index contributed by atoms with van der Waals surface area (Å²) in [7, 11) is 0. The van der Waals surface area contributed by atoms with Crippen molar-refractivity contribution in [3.63, 3.8) is 0 Å². The zero-order chi connectivity index (χ0) is 13.1. The smallest absolute Gasteiger partial charge is 0.270 e. The van der Waals surface area contributed by atoms with Crippen LogP contribution in [-0.2, 0) is 0 Å². The van der Waals surface area contributed by atoms with Crippen molar-refractivity contribution in [3.05, 3.63) is 50.7 Å². The Morgan fingerprint density at radius 1 is 1.39 bits per heavy atom. The molecule has 1 aromatic carbocycles. The van der Waals surface area contributed by atoms with Crippen molar-refractivity contribution in [1.82, 2.24) is 0 Å². The molecular formula is C11H8BrN3O3. The predicted molar refractivity (Wildman–Crippen MR) is 70.3 cm³/mol. The van der Waals surface area contributed by atoms with Gasteiger partial charge in [0.1, 0.15) is 11.5 Å². The number of non-ortho nitro benzene ring substituents is 1. The molecule has 0 unspecified atom stereocenters. The highest BCUT2D eigenvalue weighted by atomic mass is 79.9. The third kappa shape index (κ3) is 2.40. The molecule has 0 atom stereocenters. The first kappa shape index (κ1) is 12.3. The molecule has 2 rings (SSSR count). The average molecular weight is 310 g/mol. The van der Waals surface area contributed by atoms with Gasteiger partial charge in [-0.1, -0.05) is 0 Å². The highest BCUT2D eigenvalue weighted by molar-refractivity contribution is 9.10. The summed E-state index contributed by atoms with van der Waals surface area (Å²) in [4.78, 5) is 10.2. The highest BCUT2D eigenvalue weighted by Crippen LogP contribution is 2.32. The summed E-state index contributed by atoms with van der Waals surface area (Å²) < 4.78 is 6.05. The first-order chi connectivity index (χ1) is 8.61. The molecule has 0 aliphatic rings. The highest BCUT2D eigenvalue weighted by Gasteiger charge is 2.12. The SMILES string of the molecule is N/N=C\c1ccc(-c2ccc([N+](=O)[O-])cc2Br)o1. The van der Waals surface area contributed by atoms with E-state index in [1.54, 1.807) is 18.2 Å². The lowest BCUT2D eigenvalue weighted by molar-refractivity contribution is -0.384. The summed E-state index contributed by atoms with van der Waals surface area (Å²) in [5.41, 5.74) is 0.734. The molecule has 0 aliphatic carbocycles. The van der Waals surface area contributed by atoms with Gasteiger partial charge in [0.15, 0.2) is 0 Å². The number of rotatable bonds is 3. The zero-order valence-electron chi connectivity index (χ0n) is 9.04. The van der Waals surface area contributed by atoms with Crippen molar-refractivity contribution >= 4 is 27.8 Å². The largest absolute Gasteiger partial charge is 0.455 e. The summed E-state index contributed by atoms with van der Waals surface area (Å²) in [5, 5.41) is 14.0. The van der Waals surface area contributed by atoms with Crippen molar-refractivity contribution in [2.45, 2.75) is 0 Å². The van der Waals surface area contributed by atoms with Crippen molar-refractivity contribution in [1.29, 1.82) is 0 Å². The topological polar surface area (TPSA) is 94.7 Å². The molecule has 0 aliphatic heterocycles. The van der Waals surface area contributed by atoms with E-state index in [-0.39, 0.29) is 5.69 Å². The molecule has 0 saturated carbocycles. The molecule has 1 aromatic heterocycles. The zero-order valence-corrected chi connectivity index (χ0v) is 10.6. The van der Waals surface area contributed by atoms with Gasteiger partial charge in [0.25, 0.3) is 5.69 Å². The van der Waals surface area contributed by atoms with Gasteiger partial charge >= 0.3 is 0 Å². The van der Waals surface area contributed by atoms with E-state index in [4.69, 9.17) is 10.3 Å². The normalized spacial score (nSPS) is 10.9. The number of furan rings is 1. The van der Waals surface area contributed by atoms with E-state index in [9.17, 15) is 10.1 Å². The number of hydrogen-bond donors (Lipinski definition) is 1. The quantitative estimate of drug-likeness (QED) is 0.408. The van der Waals surface area contributed by atoms with Crippen LogP contribution in [0.4, 0.5) is 5.69 Å². The molecule has 18 heavy (non-hydrogen) atoms. The minimum absolute atomic E-state index is 0.0147. The van der Waals surface area contributed by atoms with Gasteiger partial charge in [-0.15, -0.1) is 0 Å². The Morgan fingerprint density at radius 3 is 2.78 bits per heavy atom. The van der Waals surface area contributed by atoms with Gasteiger partial charge in [-0.25, -0.2) is 0 Å². The molecule has 0 fully saturated rings. The van der Waals surface area contributed by atoms with Crippen LogP contribution in [0.2, 0.25) is 0 Å². The number of hydrogen-bond acceptors (Lipinski definition) is 5. The van der Waals surface area contributed by atoms with E-state index in [1.165, 1.54) is 18.3 Å². The Morgan fingerprint density at radius 2 is 2.17 bits per heavy atom. The van der Waals surface area contributed by atoms with Crippen LogP contribution in [-0.4, -0.2) is 11.1 Å². The summed E-state index contributed by atoms with van der Waals surface area (Å²) in [6, 6.07) is 7.90. The Kier molecular flexibility index (Phi) is 3.42. The number of hydrazone groups is 1. The molecule has 0 spiro atoms. The van der Waals surface area contributed by atoms with E-state index in [1.807, 2.05) is 0 Å². The molecule has 0 amide bonds. The van der Waals surface area contributed by atoms with Crippen LogP contribution in [0.25, 0.3) is 11.3 Å². The fraction of sp³-hybridized carbons (Fsp3) is 0. The lowest BCUT2D eigenvalue weighted by Gasteiger charge is -2.00. The standard InChI is InChI=1S/C11H8BrN3O3/c12-10-5-7(15(16)17)1-3-9(10)11-4-2-8(18-11)6-14-13/h1-6H,13H2/b14-6-. The predicted octanol–water partition coefficient (Wildman–Crippen LogP) is 2.91. The molecular weight excluding hydrogens is 302 g/mol. The Balaban J connectivity index is 2.41. The molecule has 0 saturated heterocycles. The first-order valence-corrected chi connectivity index (χ1v) is 5.68. The van der Waals surface area contributed by atoms with Crippen molar-refractivity contribution in [2.24, 2.45) is 10.9 Å². The van der Waals surface area contributed by atoms with Crippen molar-refractivity contribution in [3.8, 4) is 11.3 Å². The van der Waals surface area contributed by atoms with Gasteiger partial charge < -0.3 is 10.3 Å². The van der Waals surface area contributed by atoms with Crippen LogP contribution < -0.4 is 5.84 Å². The second-order valence-electron chi connectivity index (χ2n) is 3.40. The maximum atomic E-state index is 10.6. The molecule has 2 aromatic rings. The van der Waals surface area contributed by atoms with Crippen LogP contribution in [0.1, 0.15) is 5.76 Å². The van der Waals surface area contributed by atoms with Crippen LogP contribution in [0.3, 0.4) is 0 Å². The molecule has 2 N–H and O–H groups in total. The van der Waals surface area contributed by atoms with Crippen LogP contribution >= 0.6 is 15.9 Å². The first-order valence-electron chi connectivity index (χ1n) is 4.89. The lowest BCUT2D eigenvalue weighted by Crippen LogP contribution is -1.88. The number of nitro groups is 1. The molecule has 6 nitrogen and oxygen atoms in total. The Hall–Kier alpha value is -2.15. The van der Waals surface area contributed by atoms with Gasteiger partial charge in [-0.05, 0) is 34.1 Å². The molecule has 0 radical (unpaired) electrons. The number of nitrogens with zero attached hydrogens (tertiary/aromatic N) is 2. The fourth-order valence-corrected chi connectivity index (χ4v) is 2.02. The number of benzene rings is 1. The van der Waals surface area contributed by atoms with Gasteiger partial charge in [0.05, 0.1) is 11.1 Å². The van der Waals surface area contributed by atoms with Crippen molar-refractivity contribution in [2.75, 3.05) is 0 Å². The number of nitrogens with two attached hydrogens (primary N) is 1. The van der Waals surface area contributed by atoms with Gasteiger partial charge in [0, 0.05) is 22.2 Å². The van der Waals surface area contributed by atoms with E-state index in [0.29, 0.717) is 16.0 Å². The van der Waals surface area contributed by atoms with Gasteiger partial charge in [-0.3, -0.25) is 10.1 Å². The minimum atomic E-state index is -0.455. The second kappa shape index (κ2) is 5.01. The maximum absolute atomic E-state index is 10.6. The number of halogens is 1. The van der Waals surface area contributed by atoms with Crippen LogP contribution in [0.5, 0.6) is 0 Å². The summed E-state index contributed by atoms with van der Waals surface area (Å²) in [5.74, 6) is 6.10. The monoisotopic (exact) mass is 309 g/mol. The summed E-state index contributed by atoms with van der Waals surface area (Å²) in [6.45, 7) is 0. The van der Waals surface area contributed by atoms with Crippen molar-refractivity contribution < 1.29 is 9.34 Å². The lowest BCUT2D eigenvalue weighted by atomic mass is 10.1. The van der Waals surface area contributed by atoms with E-state index in [2.05, 4.69) is 21.0 Å². The van der Waals surface area contributed by atoms with E-state index in [0.717, 1.165) is 5.56 Å². The Bertz CT molecular complexity index is 622. The fourth-order valence-electron chi connectivity index (χ4n) is 1.46. The number of nitro benzene ring substituents is 1. The summed E-state index contributed by atoms with van der Waals surface area (Å²) >= 11 is 3.28. The van der Waals surface area contributed by atoms with Crippen LogP contribution in [0, 0.1) is 10.1 Å². The summed E-state index contributed by atoms with van der Waals surface area (Å²) in [6.07, 6.45) is 1.38. The molecule has 92 valence electrons. The van der Waals surface area contributed by atoms with Gasteiger partial charge in [-0.2, -0.15) is 5.10 Å². The average Bonchev–Trinajstić information content (AvgIpc) is 2.77. The minimum Gasteiger partial charge on any atom is -0.455 e. The third-order valence-corrected chi connectivity index (χ3v) is 2.91. The van der Waals surface area contributed by atoms with E-state index >= 15 is 0 Å². The van der Waals surface area contributed by atoms with Gasteiger partial charge in [0.2, 0.25) is 0 Å². The molecule has 1 heterocycles. The molecule has 7 heteroatoms. The van der Waals surface area contributed by atoms with Crippen LogP contribution in [0.15, 0.2) is 44.3 Å². The Labute approximate surface area is 110 Å².